The van der Waals surface area contributed by atoms with Crippen LogP contribution in [0.4, 0.5) is 5.69 Å². The first-order chi connectivity index (χ1) is 10.5. The van der Waals surface area contributed by atoms with Crippen molar-refractivity contribution < 1.29 is 9.53 Å². The van der Waals surface area contributed by atoms with Crippen LogP contribution in [0.3, 0.4) is 0 Å². The molecule has 0 radical (unpaired) electrons. The molecule has 1 atom stereocenters. The lowest BCUT2D eigenvalue weighted by Gasteiger charge is -2.14. The quantitative estimate of drug-likeness (QED) is 0.829. The summed E-state index contributed by atoms with van der Waals surface area (Å²) in [5.41, 5.74) is 3.21. The molecule has 0 aliphatic carbocycles. The highest BCUT2D eigenvalue weighted by atomic mass is 32.2. The fourth-order valence-electron chi connectivity index (χ4n) is 2.09. The van der Waals surface area contributed by atoms with Crippen LogP contribution >= 0.6 is 11.8 Å². The summed E-state index contributed by atoms with van der Waals surface area (Å²) in [4.78, 5) is 13.4. The normalized spacial score (nSPS) is 11.8. The van der Waals surface area contributed by atoms with Gasteiger partial charge in [-0.3, -0.25) is 4.79 Å². The molecule has 0 spiro atoms. The summed E-state index contributed by atoms with van der Waals surface area (Å²) in [7, 11) is 1.62. The predicted octanol–water partition coefficient (Wildman–Crippen LogP) is 4.43. The molecule has 4 heteroatoms. The number of methoxy groups -OCH3 is 1. The molecule has 22 heavy (non-hydrogen) atoms. The maximum atomic E-state index is 12.3. The largest absolute Gasteiger partial charge is 0.497 e. The minimum Gasteiger partial charge on any atom is -0.497 e. The number of carbonyl (C=O) groups is 1. The van der Waals surface area contributed by atoms with Gasteiger partial charge in [-0.2, -0.15) is 0 Å². The lowest BCUT2D eigenvalue weighted by molar-refractivity contribution is -0.115. The van der Waals surface area contributed by atoms with Crippen LogP contribution in [0.2, 0.25) is 0 Å². The van der Waals surface area contributed by atoms with Crippen molar-refractivity contribution in [1.82, 2.24) is 0 Å². The van der Waals surface area contributed by atoms with Crippen LogP contribution in [0.5, 0.6) is 5.75 Å². The van der Waals surface area contributed by atoms with Crippen LogP contribution in [0.25, 0.3) is 0 Å². The number of ether oxygens (including phenoxy) is 1. The van der Waals surface area contributed by atoms with Crippen LogP contribution in [-0.4, -0.2) is 18.3 Å². The molecule has 2 aromatic carbocycles. The molecule has 2 aromatic rings. The topological polar surface area (TPSA) is 38.3 Å². The number of rotatable bonds is 5. The molecule has 2 rings (SSSR count). The van der Waals surface area contributed by atoms with E-state index in [9.17, 15) is 4.79 Å². The second kappa shape index (κ2) is 7.36. The summed E-state index contributed by atoms with van der Waals surface area (Å²) in [5, 5.41) is 2.77. The standard InChI is InChI=1S/C18H21NO2S/c1-12-5-10-17(13(2)11-12)22-14(3)18(20)19-15-6-8-16(21-4)9-7-15/h5-11,14H,1-4H3,(H,19,20)/t14-/m0/s1. The Hall–Kier alpha value is -1.94. The molecular formula is C18H21NO2S. The van der Waals surface area contributed by atoms with Gasteiger partial charge in [0, 0.05) is 10.6 Å². The Morgan fingerprint density at radius 2 is 1.82 bits per heavy atom. The van der Waals surface area contributed by atoms with Gasteiger partial charge in [-0.05, 0) is 56.7 Å². The van der Waals surface area contributed by atoms with E-state index in [4.69, 9.17) is 4.74 Å². The summed E-state index contributed by atoms with van der Waals surface area (Å²) in [6.07, 6.45) is 0. The molecule has 116 valence electrons. The smallest absolute Gasteiger partial charge is 0.237 e. The molecule has 1 amide bonds. The highest BCUT2D eigenvalue weighted by molar-refractivity contribution is 8.00. The van der Waals surface area contributed by atoms with Gasteiger partial charge in [-0.25, -0.2) is 0 Å². The third kappa shape index (κ3) is 4.28. The lowest BCUT2D eigenvalue weighted by Crippen LogP contribution is -2.22. The van der Waals surface area contributed by atoms with E-state index in [2.05, 4.69) is 37.4 Å². The average molecular weight is 315 g/mol. The van der Waals surface area contributed by atoms with E-state index in [0.29, 0.717) is 0 Å². The number of anilines is 1. The van der Waals surface area contributed by atoms with Crippen LogP contribution in [0.15, 0.2) is 47.4 Å². The molecule has 3 nitrogen and oxygen atoms in total. The molecule has 0 unspecified atom stereocenters. The van der Waals surface area contributed by atoms with Gasteiger partial charge in [-0.15, -0.1) is 11.8 Å². The van der Waals surface area contributed by atoms with E-state index in [0.717, 1.165) is 16.3 Å². The third-order valence-electron chi connectivity index (χ3n) is 3.36. The summed E-state index contributed by atoms with van der Waals surface area (Å²) in [6, 6.07) is 13.6. The second-order valence-corrected chi connectivity index (χ2v) is 6.63. The minimum absolute atomic E-state index is 0.00450. The van der Waals surface area contributed by atoms with E-state index in [-0.39, 0.29) is 11.2 Å². The van der Waals surface area contributed by atoms with E-state index in [1.165, 1.54) is 11.1 Å². The molecule has 0 fully saturated rings. The zero-order valence-electron chi connectivity index (χ0n) is 13.3. The number of hydrogen-bond acceptors (Lipinski definition) is 3. The Bertz CT molecular complexity index is 653. The number of nitrogens with one attached hydrogen (secondary N) is 1. The SMILES string of the molecule is COc1ccc(NC(=O)[C@H](C)Sc2ccc(C)cc2C)cc1. The van der Waals surface area contributed by atoms with Crippen LogP contribution in [0.1, 0.15) is 18.1 Å². The number of benzene rings is 2. The number of hydrogen-bond donors (Lipinski definition) is 1. The Balaban J connectivity index is 1.99. The van der Waals surface area contributed by atoms with Gasteiger partial charge in [0.2, 0.25) is 5.91 Å². The monoisotopic (exact) mass is 315 g/mol. The molecule has 0 saturated heterocycles. The van der Waals surface area contributed by atoms with Crippen molar-refractivity contribution in [2.24, 2.45) is 0 Å². The fourth-order valence-corrected chi connectivity index (χ4v) is 3.03. The maximum absolute atomic E-state index is 12.3. The molecule has 0 bridgehead atoms. The van der Waals surface area contributed by atoms with E-state index < -0.39 is 0 Å². The van der Waals surface area contributed by atoms with E-state index >= 15 is 0 Å². The van der Waals surface area contributed by atoms with Crippen molar-refractivity contribution in [3.8, 4) is 5.75 Å². The van der Waals surface area contributed by atoms with Gasteiger partial charge in [-0.1, -0.05) is 17.7 Å². The second-order valence-electron chi connectivity index (χ2n) is 5.25. The molecule has 0 saturated carbocycles. The lowest BCUT2D eigenvalue weighted by atomic mass is 10.2. The first-order valence-electron chi connectivity index (χ1n) is 7.18. The Morgan fingerprint density at radius 1 is 1.14 bits per heavy atom. The number of thioether (sulfide) groups is 1. The van der Waals surface area contributed by atoms with Crippen LogP contribution in [0, 0.1) is 13.8 Å². The Labute approximate surface area is 136 Å². The van der Waals surface area contributed by atoms with Crippen molar-refractivity contribution in [3.05, 3.63) is 53.6 Å². The van der Waals surface area contributed by atoms with Gasteiger partial charge in [0.05, 0.1) is 12.4 Å². The third-order valence-corrected chi connectivity index (χ3v) is 4.64. The van der Waals surface area contributed by atoms with Crippen molar-refractivity contribution in [2.45, 2.75) is 30.9 Å². The van der Waals surface area contributed by atoms with Gasteiger partial charge in [0.15, 0.2) is 0 Å². The number of aryl methyl sites for hydroxylation is 2. The molecule has 1 N–H and O–H groups in total. The fraction of sp³-hybridized carbons (Fsp3) is 0.278. The van der Waals surface area contributed by atoms with E-state index in [1.807, 2.05) is 31.2 Å². The first-order valence-corrected chi connectivity index (χ1v) is 8.06. The Kier molecular flexibility index (Phi) is 5.50. The van der Waals surface area contributed by atoms with Gasteiger partial charge in [0.25, 0.3) is 0 Å². The summed E-state index contributed by atoms with van der Waals surface area (Å²) >= 11 is 1.58. The zero-order chi connectivity index (χ0) is 16.1. The first kappa shape index (κ1) is 16.4. The summed E-state index contributed by atoms with van der Waals surface area (Å²) in [5.74, 6) is 0.769. The van der Waals surface area contributed by atoms with Gasteiger partial charge < -0.3 is 10.1 Å². The Morgan fingerprint density at radius 3 is 2.41 bits per heavy atom. The highest BCUT2D eigenvalue weighted by Gasteiger charge is 2.15. The van der Waals surface area contributed by atoms with Crippen LogP contribution < -0.4 is 10.1 Å². The van der Waals surface area contributed by atoms with Gasteiger partial charge >= 0.3 is 0 Å². The predicted molar refractivity (Wildman–Crippen MR) is 92.9 cm³/mol. The van der Waals surface area contributed by atoms with Crippen LogP contribution in [-0.2, 0) is 4.79 Å². The molecule has 0 aliphatic rings. The van der Waals surface area contributed by atoms with Crippen molar-refractivity contribution >= 4 is 23.4 Å². The average Bonchev–Trinajstić information content (AvgIpc) is 2.50. The summed E-state index contributed by atoms with van der Waals surface area (Å²) < 4.78 is 5.11. The summed E-state index contributed by atoms with van der Waals surface area (Å²) in [6.45, 7) is 6.06. The number of carbonyl (C=O) groups excluding carboxylic acids is 1. The molecular weight excluding hydrogens is 294 g/mol. The minimum atomic E-state index is -0.163. The maximum Gasteiger partial charge on any atom is 0.237 e. The highest BCUT2D eigenvalue weighted by Crippen LogP contribution is 2.28. The van der Waals surface area contributed by atoms with Gasteiger partial charge in [0.1, 0.15) is 5.75 Å². The van der Waals surface area contributed by atoms with E-state index in [1.54, 1.807) is 18.9 Å². The number of amides is 1. The van der Waals surface area contributed by atoms with Crippen molar-refractivity contribution in [2.75, 3.05) is 12.4 Å². The van der Waals surface area contributed by atoms with Crippen molar-refractivity contribution in [1.29, 1.82) is 0 Å². The molecule has 0 heterocycles. The zero-order valence-corrected chi connectivity index (χ0v) is 14.2. The molecule has 0 aliphatic heterocycles. The molecule has 0 aromatic heterocycles. The van der Waals surface area contributed by atoms with Crippen molar-refractivity contribution in [3.63, 3.8) is 0 Å².